The molecule has 5 rings (SSSR count). The molecule has 0 bridgehead atoms. The van der Waals surface area contributed by atoms with Crippen LogP contribution in [-0.4, -0.2) is 13.0 Å². The maximum atomic E-state index is 13.1. The summed E-state index contributed by atoms with van der Waals surface area (Å²) in [6.45, 7) is 0. The van der Waals surface area contributed by atoms with Gasteiger partial charge in [0.25, 0.3) is 5.91 Å². The molecule has 0 saturated heterocycles. The van der Waals surface area contributed by atoms with E-state index < -0.39 is 6.17 Å². The Morgan fingerprint density at radius 2 is 1.81 bits per heavy atom. The Labute approximate surface area is 179 Å². The molecule has 0 saturated carbocycles. The molecule has 2 aliphatic rings. The maximum Gasteiger partial charge on any atom is 0.259 e. The third-order valence-electron chi connectivity index (χ3n) is 5.87. The van der Waals surface area contributed by atoms with Crippen molar-refractivity contribution < 1.29 is 14.3 Å². The summed E-state index contributed by atoms with van der Waals surface area (Å²) in [5.74, 6) is 0.915. The third-order valence-corrected chi connectivity index (χ3v) is 5.87. The van der Waals surface area contributed by atoms with Crippen molar-refractivity contribution in [3.05, 3.63) is 99.4 Å². The first-order valence-electron chi connectivity index (χ1n) is 10.1. The van der Waals surface area contributed by atoms with Gasteiger partial charge in [-0.25, -0.2) is 0 Å². The number of carbonyl (C=O) groups excluding carboxylic acids is 1. The molecular weight excluding hydrogens is 392 g/mol. The predicted octanol–water partition coefficient (Wildman–Crippen LogP) is 5.73. The van der Waals surface area contributed by atoms with Crippen LogP contribution in [0.3, 0.4) is 0 Å². The molecule has 0 aromatic heterocycles. The second-order valence-electron chi connectivity index (χ2n) is 7.52. The lowest BCUT2D eigenvalue weighted by molar-refractivity contribution is 0.0991. The lowest BCUT2D eigenvalue weighted by Crippen LogP contribution is -2.26. The van der Waals surface area contributed by atoms with Crippen molar-refractivity contribution in [3.63, 3.8) is 0 Å². The molecule has 0 fully saturated rings. The Hall–Kier alpha value is -3.96. The molecule has 1 aliphatic heterocycles. The van der Waals surface area contributed by atoms with Crippen molar-refractivity contribution in [2.75, 3.05) is 12.0 Å². The predicted molar refractivity (Wildman–Crippen MR) is 116 cm³/mol. The standard InChI is InChI=1S/C24H20N4O3/c1-30-21-13-11-16(14-22(21)31-20-12-10-15-6-2-3-7-17(15)20)28-23(26-27-25)18-8-4-5-9-19(18)24(28)29/h2-9,11,13-14,20,23H,10,12H2,1H3. The first kappa shape index (κ1) is 19.0. The van der Waals surface area contributed by atoms with Crippen LogP contribution in [0, 0.1) is 0 Å². The number of benzene rings is 3. The van der Waals surface area contributed by atoms with Gasteiger partial charge < -0.3 is 9.47 Å². The summed E-state index contributed by atoms with van der Waals surface area (Å²) in [7, 11) is 1.59. The molecule has 2 unspecified atom stereocenters. The van der Waals surface area contributed by atoms with Crippen LogP contribution < -0.4 is 14.4 Å². The average molecular weight is 412 g/mol. The Balaban J connectivity index is 1.53. The van der Waals surface area contributed by atoms with Gasteiger partial charge in [0.05, 0.1) is 7.11 Å². The molecule has 1 amide bonds. The fraction of sp³-hybridized carbons (Fsp3) is 0.208. The Morgan fingerprint density at radius 1 is 1.03 bits per heavy atom. The summed E-state index contributed by atoms with van der Waals surface area (Å²) in [5, 5.41) is 3.89. The molecule has 0 N–H and O–H groups in total. The van der Waals surface area contributed by atoms with Crippen molar-refractivity contribution in [1.29, 1.82) is 0 Å². The summed E-state index contributed by atoms with van der Waals surface area (Å²) in [4.78, 5) is 17.6. The molecule has 7 nitrogen and oxygen atoms in total. The average Bonchev–Trinajstić information content (AvgIpc) is 3.33. The van der Waals surface area contributed by atoms with E-state index in [1.54, 1.807) is 37.4 Å². The zero-order chi connectivity index (χ0) is 21.4. The van der Waals surface area contributed by atoms with Crippen LogP contribution in [-0.2, 0) is 6.42 Å². The smallest absolute Gasteiger partial charge is 0.259 e. The lowest BCUT2D eigenvalue weighted by atomic mass is 10.1. The minimum Gasteiger partial charge on any atom is -0.493 e. The Morgan fingerprint density at radius 3 is 2.61 bits per heavy atom. The number of amides is 1. The van der Waals surface area contributed by atoms with Gasteiger partial charge in [-0.05, 0) is 53.3 Å². The highest BCUT2D eigenvalue weighted by atomic mass is 16.5. The SMILES string of the molecule is COc1ccc(N2C(=O)c3ccccc3C2N=[N+]=[N-])cc1OC1CCc2ccccc21. The van der Waals surface area contributed by atoms with Crippen molar-refractivity contribution >= 4 is 11.6 Å². The minimum atomic E-state index is -0.748. The van der Waals surface area contributed by atoms with Crippen molar-refractivity contribution in [2.45, 2.75) is 25.1 Å². The molecule has 1 aliphatic carbocycles. The van der Waals surface area contributed by atoms with Gasteiger partial charge in [0.2, 0.25) is 0 Å². The van der Waals surface area contributed by atoms with E-state index in [0.717, 1.165) is 12.8 Å². The zero-order valence-electron chi connectivity index (χ0n) is 16.9. The molecule has 2 atom stereocenters. The fourth-order valence-electron chi connectivity index (χ4n) is 4.42. The maximum absolute atomic E-state index is 13.1. The monoisotopic (exact) mass is 412 g/mol. The first-order valence-corrected chi connectivity index (χ1v) is 10.1. The summed E-state index contributed by atoms with van der Waals surface area (Å²) < 4.78 is 11.9. The van der Waals surface area contributed by atoms with Crippen LogP contribution >= 0.6 is 0 Å². The van der Waals surface area contributed by atoms with E-state index in [9.17, 15) is 4.79 Å². The number of hydrogen-bond donors (Lipinski definition) is 0. The number of anilines is 1. The molecule has 154 valence electrons. The molecule has 7 heteroatoms. The fourth-order valence-corrected chi connectivity index (χ4v) is 4.42. The van der Waals surface area contributed by atoms with Gasteiger partial charge in [-0.1, -0.05) is 47.6 Å². The quantitative estimate of drug-likeness (QED) is 0.304. The number of aryl methyl sites for hydroxylation is 1. The van der Waals surface area contributed by atoms with Crippen LogP contribution in [0.5, 0.6) is 11.5 Å². The van der Waals surface area contributed by atoms with Crippen LogP contribution in [0.2, 0.25) is 0 Å². The normalized spacial score (nSPS) is 18.9. The van der Waals surface area contributed by atoms with E-state index in [1.165, 1.54) is 16.0 Å². The topological polar surface area (TPSA) is 87.5 Å². The molecule has 3 aromatic carbocycles. The number of carbonyl (C=O) groups is 1. The van der Waals surface area contributed by atoms with Crippen LogP contribution in [0.1, 0.15) is 45.7 Å². The van der Waals surface area contributed by atoms with Gasteiger partial charge in [0.1, 0.15) is 12.3 Å². The van der Waals surface area contributed by atoms with Gasteiger partial charge in [-0.2, -0.15) is 0 Å². The van der Waals surface area contributed by atoms with Crippen LogP contribution in [0.25, 0.3) is 10.4 Å². The van der Waals surface area contributed by atoms with Gasteiger partial charge in [-0.3, -0.25) is 9.69 Å². The van der Waals surface area contributed by atoms with E-state index in [2.05, 4.69) is 22.2 Å². The molecular formula is C24H20N4O3. The number of ether oxygens (including phenoxy) is 2. The van der Waals surface area contributed by atoms with Crippen molar-refractivity contribution in [2.24, 2.45) is 5.11 Å². The Kier molecular flexibility index (Phi) is 4.73. The second kappa shape index (κ2) is 7.70. The largest absolute Gasteiger partial charge is 0.493 e. The van der Waals surface area contributed by atoms with E-state index in [1.807, 2.05) is 24.3 Å². The van der Waals surface area contributed by atoms with Crippen molar-refractivity contribution in [3.8, 4) is 11.5 Å². The van der Waals surface area contributed by atoms with E-state index in [4.69, 9.17) is 15.0 Å². The van der Waals surface area contributed by atoms with Crippen molar-refractivity contribution in [1.82, 2.24) is 0 Å². The highest BCUT2D eigenvalue weighted by molar-refractivity contribution is 6.11. The zero-order valence-corrected chi connectivity index (χ0v) is 16.9. The molecule has 1 heterocycles. The number of rotatable bonds is 5. The molecule has 3 aromatic rings. The summed E-state index contributed by atoms with van der Waals surface area (Å²) >= 11 is 0. The van der Waals surface area contributed by atoms with Crippen LogP contribution in [0.15, 0.2) is 71.8 Å². The summed E-state index contributed by atoms with van der Waals surface area (Å²) in [5.41, 5.74) is 13.4. The van der Waals surface area contributed by atoms with Gasteiger partial charge in [0.15, 0.2) is 11.5 Å². The second-order valence-corrected chi connectivity index (χ2v) is 7.52. The van der Waals surface area contributed by atoms with Gasteiger partial charge in [0, 0.05) is 22.2 Å². The number of fused-ring (bicyclic) bond motifs is 2. The molecule has 0 spiro atoms. The van der Waals surface area contributed by atoms with Gasteiger partial charge >= 0.3 is 0 Å². The summed E-state index contributed by atoms with van der Waals surface area (Å²) in [6.07, 6.45) is 1.01. The van der Waals surface area contributed by atoms with Crippen LogP contribution in [0.4, 0.5) is 5.69 Å². The number of azide groups is 1. The molecule has 31 heavy (non-hydrogen) atoms. The number of nitrogens with zero attached hydrogens (tertiary/aromatic N) is 4. The highest BCUT2D eigenvalue weighted by Crippen LogP contribution is 2.43. The minimum absolute atomic E-state index is 0.0836. The highest BCUT2D eigenvalue weighted by Gasteiger charge is 2.37. The third kappa shape index (κ3) is 3.16. The van der Waals surface area contributed by atoms with E-state index in [-0.39, 0.29) is 12.0 Å². The summed E-state index contributed by atoms with van der Waals surface area (Å²) in [6, 6.07) is 20.8. The van der Waals surface area contributed by atoms with E-state index in [0.29, 0.717) is 28.3 Å². The van der Waals surface area contributed by atoms with Gasteiger partial charge in [-0.15, -0.1) is 0 Å². The first-order chi connectivity index (χ1) is 15.2. The number of methoxy groups -OCH3 is 1. The lowest BCUT2D eigenvalue weighted by Gasteiger charge is -2.24. The van der Waals surface area contributed by atoms with E-state index >= 15 is 0 Å². The number of hydrogen-bond acceptors (Lipinski definition) is 4. The Bertz CT molecular complexity index is 1220. The molecule has 0 radical (unpaired) electrons.